The van der Waals surface area contributed by atoms with Crippen LogP contribution < -0.4 is 15.5 Å². The molecule has 1 amide bonds. The number of rotatable bonds is 8. The van der Waals surface area contributed by atoms with E-state index in [0.29, 0.717) is 18.6 Å². The second-order valence-electron chi connectivity index (χ2n) is 8.11. The van der Waals surface area contributed by atoms with E-state index in [-0.39, 0.29) is 23.9 Å². The van der Waals surface area contributed by atoms with Crippen LogP contribution in [0.3, 0.4) is 0 Å². The molecular weight excluding hydrogens is 418 g/mol. The number of piperidine rings is 1. The van der Waals surface area contributed by atoms with Crippen molar-refractivity contribution in [1.29, 1.82) is 0 Å². The molecule has 0 saturated carbocycles. The molecule has 2 rings (SSSR count). The highest BCUT2D eigenvalue weighted by Gasteiger charge is 2.31. The van der Waals surface area contributed by atoms with Gasteiger partial charge < -0.3 is 10.2 Å². The van der Waals surface area contributed by atoms with Gasteiger partial charge in [0.2, 0.25) is 15.9 Å². The Labute approximate surface area is 177 Å². The summed E-state index contributed by atoms with van der Waals surface area (Å²) in [6, 6.07) is 3.52. The largest absolute Gasteiger partial charge is 0.416 e. The molecule has 0 unspecified atom stereocenters. The van der Waals surface area contributed by atoms with E-state index in [1.54, 1.807) is 21.7 Å². The van der Waals surface area contributed by atoms with Crippen molar-refractivity contribution in [3.05, 3.63) is 23.8 Å². The molecule has 0 aliphatic carbocycles. The summed E-state index contributed by atoms with van der Waals surface area (Å²) in [6.45, 7) is 5.71. The summed E-state index contributed by atoms with van der Waals surface area (Å²) in [5.41, 5.74) is -0.192. The Morgan fingerprint density at radius 3 is 2.43 bits per heavy atom. The van der Waals surface area contributed by atoms with Crippen LogP contribution in [0.2, 0.25) is 0 Å². The number of hydrogen-bond donors (Lipinski definition) is 2. The molecule has 1 aromatic rings. The van der Waals surface area contributed by atoms with E-state index in [0.717, 1.165) is 38.1 Å². The first-order valence-corrected chi connectivity index (χ1v) is 11.6. The number of nitrogens with zero attached hydrogens (tertiary/aromatic N) is 1. The van der Waals surface area contributed by atoms with Crippen molar-refractivity contribution in [2.45, 2.75) is 44.5 Å². The fourth-order valence-corrected chi connectivity index (χ4v) is 4.13. The van der Waals surface area contributed by atoms with Crippen LogP contribution in [0.5, 0.6) is 0 Å². The van der Waals surface area contributed by atoms with Gasteiger partial charge in [-0.05, 0) is 57.8 Å². The number of anilines is 1. The normalized spacial score (nSPS) is 16.7. The van der Waals surface area contributed by atoms with E-state index >= 15 is 0 Å². The third-order valence-corrected chi connectivity index (χ3v) is 7.07. The van der Waals surface area contributed by atoms with E-state index in [1.807, 2.05) is 0 Å². The molecule has 11 heteroatoms. The van der Waals surface area contributed by atoms with Gasteiger partial charge in [-0.15, -0.1) is 0 Å². The van der Waals surface area contributed by atoms with Crippen molar-refractivity contribution < 1.29 is 26.4 Å². The van der Waals surface area contributed by atoms with Crippen molar-refractivity contribution in [1.82, 2.24) is 9.62 Å². The van der Waals surface area contributed by atoms with Gasteiger partial charge in [-0.2, -0.15) is 13.2 Å². The Bertz CT molecular complexity index is 839. The van der Waals surface area contributed by atoms with E-state index in [9.17, 15) is 26.4 Å². The number of benzene rings is 1. The van der Waals surface area contributed by atoms with Crippen LogP contribution in [0.4, 0.5) is 18.9 Å². The molecule has 1 aliphatic rings. The quantitative estimate of drug-likeness (QED) is 0.590. The number of hydrogen-bond acceptors (Lipinski definition) is 4. The van der Waals surface area contributed by atoms with Gasteiger partial charge in [0.05, 0.1) is 10.8 Å². The first-order chi connectivity index (χ1) is 13.9. The van der Waals surface area contributed by atoms with Crippen LogP contribution in [0, 0.1) is 5.92 Å². The summed E-state index contributed by atoms with van der Waals surface area (Å²) in [7, 11) is -1.71. The fraction of sp³-hybridized carbons (Fsp3) is 0.632. The van der Waals surface area contributed by atoms with Gasteiger partial charge in [0.25, 0.3) is 0 Å². The van der Waals surface area contributed by atoms with Gasteiger partial charge in [0, 0.05) is 25.2 Å². The Hall–Kier alpha value is -1.59. The summed E-state index contributed by atoms with van der Waals surface area (Å²) in [4.78, 5) is 14.4. The number of carbonyl (C=O) groups is 1. The lowest BCUT2D eigenvalue weighted by Gasteiger charge is -2.31. The van der Waals surface area contributed by atoms with Crippen LogP contribution in [0.1, 0.15) is 38.7 Å². The molecule has 0 spiro atoms. The summed E-state index contributed by atoms with van der Waals surface area (Å²) in [6.07, 6.45) is -2.64. The highest BCUT2D eigenvalue weighted by molar-refractivity contribution is 7.90. The second kappa shape index (κ2) is 10.1. The fourth-order valence-electron chi connectivity index (χ4n) is 3.42. The summed E-state index contributed by atoms with van der Waals surface area (Å²) in [5, 5.41) is 2.12. The SMILES string of the molecule is Bc1cc(NC(=O)CC2CCN(CCNS(=O)(=O)C(C)C)CC2)cc(C(F)(F)F)c1. The predicted octanol–water partition coefficient (Wildman–Crippen LogP) is 1.33. The summed E-state index contributed by atoms with van der Waals surface area (Å²) >= 11 is 0. The molecule has 2 N–H and O–H groups in total. The lowest BCUT2D eigenvalue weighted by Crippen LogP contribution is -2.41. The topological polar surface area (TPSA) is 78.5 Å². The zero-order valence-electron chi connectivity index (χ0n) is 17.6. The molecule has 1 heterocycles. The van der Waals surface area contributed by atoms with Crippen molar-refractivity contribution >= 4 is 34.9 Å². The summed E-state index contributed by atoms with van der Waals surface area (Å²) < 4.78 is 64.9. The molecule has 30 heavy (non-hydrogen) atoms. The average molecular weight is 447 g/mol. The van der Waals surface area contributed by atoms with Crippen molar-refractivity contribution in [2.24, 2.45) is 5.92 Å². The predicted molar refractivity (Wildman–Crippen MR) is 114 cm³/mol. The molecule has 1 aliphatic heterocycles. The molecule has 1 fully saturated rings. The van der Waals surface area contributed by atoms with Gasteiger partial charge in [-0.3, -0.25) is 4.79 Å². The third-order valence-electron chi connectivity index (χ3n) is 5.22. The number of sulfonamides is 1. The van der Waals surface area contributed by atoms with E-state index < -0.39 is 27.0 Å². The Morgan fingerprint density at radius 2 is 1.87 bits per heavy atom. The van der Waals surface area contributed by atoms with Crippen molar-refractivity contribution in [3.8, 4) is 0 Å². The lowest BCUT2D eigenvalue weighted by molar-refractivity contribution is -0.137. The highest BCUT2D eigenvalue weighted by atomic mass is 32.2. The number of nitrogens with one attached hydrogen (secondary N) is 2. The van der Waals surface area contributed by atoms with Crippen LogP contribution >= 0.6 is 0 Å². The zero-order valence-corrected chi connectivity index (χ0v) is 18.4. The maximum Gasteiger partial charge on any atom is 0.416 e. The Balaban J connectivity index is 1.78. The maximum atomic E-state index is 12.9. The number of halogens is 3. The Kier molecular flexibility index (Phi) is 8.35. The van der Waals surface area contributed by atoms with Crippen molar-refractivity contribution in [2.75, 3.05) is 31.5 Å². The van der Waals surface area contributed by atoms with Gasteiger partial charge in [-0.1, -0.05) is 11.5 Å². The number of amides is 1. The maximum absolute atomic E-state index is 12.9. The summed E-state index contributed by atoms with van der Waals surface area (Å²) in [5.74, 6) is -0.141. The van der Waals surface area contributed by atoms with Gasteiger partial charge in [-0.25, -0.2) is 13.1 Å². The first-order valence-electron chi connectivity index (χ1n) is 10.1. The van der Waals surface area contributed by atoms with E-state index in [4.69, 9.17) is 0 Å². The number of likely N-dealkylation sites (tertiary alicyclic amines) is 1. The molecule has 6 nitrogen and oxygen atoms in total. The smallest absolute Gasteiger partial charge is 0.326 e. The van der Waals surface area contributed by atoms with Crippen LogP contribution in [-0.2, 0) is 21.0 Å². The molecule has 1 saturated heterocycles. The first kappa shape index (κ1) is 24.7. The molecule has 0 radical (unpaired) electrons. The highest BCUT2D eigenvalue weighted by Crippen LogP contribution is 2.30. The Morgan fingerprint density at radius 1 is 1.23 bits per heavy atom. The van der Waals surface area contributed by atoms with Gasteiger partial charge in [0.15, 0.2) is 0 Å². The number of alkyl halides is 3. The van der Waals surface area contributed by atoms with Crippen molar-refractivity contribution in [3.63, 3.8) is 0 Å². The monoisotopic (exact) mass is 447 g/mol. The van der Waals surface area contributed by atoms with Gasteiger partial charge >= 0.3 is 6.18 Å². The molecule has 1 aromatic carbocycles. The number of carbonyl (C=O) groups excluding carboxylic acids is 1. The minimum absolute atomic E-state index is 0.153. The standard InChI is InChI=1S/C19H29BF3N3O3S/c1-13(2)30(28,29)24-5-8-26-6-3-14(4-7-26)9-18(27)25-17-11-15(19(21,22)23)10-16(20)12-17/h10-14,24H,3-9,20H2,1-2H3,(H,25,27). The third kappa shape index (κ3) is 7.59. The minimum atomic E-state index is -4.46. The van der Waals surface area contributed by atoms with E-state index in [1.165, 1.54) is 6.07 Å². The van der Waals surface area contributed by atoms with Gasteiger partial charge in [0.1, 0.15) is 7.85 Å². The molecule has 168 valence electrons. The molecular formula is C19H29BF3N3O3S. The van der Waals surface area contributed by atoms with Crippen LogP contribution in [-0.4, -0.2) is 58.5 Å². The van der Waals surface area contributed by atoms with Crippen LogP contribution in [0.25, 0.3) is 0 Å². The van der Waals surface area contributed by atoms with Crippen LogP contribution in [0.15, 0.2) is 18.2 Å². The second-order valence-corrected chi connectivity index (χ2v) is 10.4. The lowest BCUT2D eigenvalue weighted by atomic mass is 9.92. The zero-order chi connectivity index (χ0) is 22.5. The molecule has 0 aromatic heterocycles. The minimum Gasteiger partial charge on any atom is -0.326 e. The molecule has 0 atom stereocenters. The molecule has 0 bridgehead atoms. The van der Waals surface area contributed by atoms with E-state index in [2.05, 4.69) is 14.9 Å². The average Bonchev–Trinajstić information content (AvgIpc) is 2.61.